The Kier molecular flexibility index (Phi) is 6.74. The molecule has 25 heavy (non-hydrogen) atoms. The summed E-state index contributed by atoms with van der Waals surface area (Å²) in [7, 11) is 0. The van der Waals surface area contributed by atoms with Crippen molar-refractivity contribution in [1.29, 1.82) is 0 Å². The highest BCUT2D eigenvalue weighted by atomic mass is 16.5. The summed E-state index contributed by atoms with van der Waals surface area (Å²) < 4.78 is 10.5. The normalized spacial score (nSPS) is 23.8. The van der Waals surface area contributed by atoms with Crippen LogP contribution in [0, 0.1) is 5.92 Å². The Labute approximate surface area is 151 Å². The number of nitrogens with one attached hydrogen (secondary N) is 1. The van der Waals surface area contributed by atoms with E-state index < -0.39 is 0 Å². The van der Waals surface area contributed by atoms with Crippen LogP contribution < -0.4 is 5.32 Å². The van der Waals surface area contributed by atoms with Crippen molar-refractivity contribution in [3.63, 3.8) is 0 Å². The van der Waals surface area contributed by atoms with E-state index in [0.29, 0.717) is 19.1 Å². The van der Waals surface area contributed by atoms with Crippen molar-refractivity contribution in [2.45, 2.75) is 57.8 Å². The van der Waals surface area contributed by atoms with Gasteiger partial charge in [-0.1, -0.05) is 18.2 Å². The van der Waals surface area contributed by atoms with Gasteiger partial charge in [0.1, 0.15) is 0 Å². The molecule has 4 nitrogen and oxygen atoms in total. The molecule has 2 atom stereocenters. The summed E-state index contributed by atoms with van der Waals surface area (Å²) in [5.74, 6) is 1.21. The molecule has 1 aromatic rings. The standard InChI is InChI=1S/C21H31NO3/c1-2-24-11-3-5-16-7-8-18-14-19(10-9-17(18)13-16)20-6-4-12-25-21(23)22-15-20/h9-10,14,16,20H,2-8,11-13,15H2,1H3,(H,22,23)/t16-,20-/m1/s1. The summed E-state index contributed by atoms with van der Waals surface area (Å²) in [5, 5.41) is 2.88. The maximum atomic E-state index is 11.5. The Morgan fingerprint density at radius 1 is 1.28 bits per heavy atom. The van der Waals surface area contributed by atoms with Gasteiger partial charge in [-0.3, -0.25) is 0 Å². The summed E-state index contributed by atoms with van der Waals surface area (Å²) in [6, 6.07) is 7.00. The number of rotatable bonds is 6. The average molecular weight is 345 g/mol. The molecule has 0 aromatic heterocycles. The fraction of sp³-hybridized carbons (Fsp3) is 0.667. The highest BCUT2D eigenvalue weighted by molar-refractivity contribution is 5.67. The first-order chi connectivity index (χ1) is 12.3. The molecule has 1 aliphatic heterocycles. The van der Waals surface area contributed by atoms with Gasteiger partial charge in [0, 0.05) is 25.7 Å². The number of carbonyl (C=O) groups is 1. The minimum atomic E-state index is -0.280. The van der Waals surface area contributed by atoms with Gasteiger partial charge in [-0.2, -0.15) is 0 Å². The first-order valence-corrected chi connectivity index (χ1v) is 9.86. The van der Waals surface area contributed by atoms with Gasteiger partial charge >= 0.3 is 6.09 Å². The van der Waals surface area contributed by atoms with Crippen molar-refractivity contribution in [3.8, 4) is 0 Å². The van der Waals surface area contributed by atoms with Crippen LogP contribution in [-0.4, -0.2) is 32.5 Å². The van der Waals surface area contributed by atoms with E-state index in [9.17, 15) is 4.79 Å². The lowest BCUT2D eigenvalue weighted by Crippen LogP contribution is -2.31. The van der Waals surface area contributed by atoms with Crippen LogP contribution in [0.3, 0.4) is 0 Å². The number of cyclic esters (lactones) is 1. The monoisotopic (exact) mass is 345 g/mol. The van der Waals surface area contributed by atoms with E-state index in [1.54, 1.807) is 0 Å². The Balaban J connectivity index is 1.58. The van der Waals surface area contributed by atoms with E-state index in [0.717, 1.165) is 32.0 Å². The number of carbonyl (C=O) groups excluding carboxylic acids is 1. The summed E-state index contributed by atoms with van der Waals surface area (Å²) in [6.07, 6.45) is 7.86. The maximum Gasteiger partial charge on any atom is 0.407 e. The van der Waals surface area contributed by atoms with E-state index in [2.05, 4.69) is 30.4 Å². The topological polar surface area (TPSA) is 47.6 Å². The van der Waals surface area contributed by atoms with Crippen LogP contribution in [0.2, 0.25) is 0 Å². The van der Waals surface area contributed by atoms with Gasteiger partial charge in [-0.15, -0.1) is 0 Å². The molecule has 2 aliphatic rings. The van der Waals surface area contributed by atoms with Crippen LogP contribution >= 0.6 is 0 Å². The molecule has 0 unspecified atom stereocenters. The number of hydrogen-bond donors (Lipinski definition) is 1. The van der Waals surface area contributed by atoms with Gasteiger partial charge < -0.3 is 14.8 Å². The quantitative estimate of drug-likeness (QED) is 0.786. The van der Waals surface area contributed by atoms with Crippen LogP contribution in [0.15, 0.2) is 18.2 Å². The number of alkyl carbamates (subject to hydrolysis) is 1. The molecule has 1 saturated heterocycles. The van der Waals surface area contributed by atoms with E-state index in [4.69, 9.17) is 9.47 Å². The van der Waals surface area contributed by atoms with Crippen LogP contribution in [0.5, 0.6) is 0 Å². The Morgan fingerprint density at radius 2 is 2.20 bits per heavy atom. The zero-order valence-corrected chi connectivity index (χ0v) is 15.4. The summed E-state index contributed by atoms with van der Waals surface area (Å²) in [5.41, 5.74) is 4.41. The van der Waals surface area contributed by atoms with E-state index >= 15 is 0 Å². The SMILES string of the molecule is CCOCCC[C@@H]1CCc2cc([C@@H]3CCCOC(=O)NC3)ccc2C1. The third kappa shape index (κ3) is 5.21. The molecule has 1 heterocycles. The molecule has 3 rings (SSSR count). The van der Waals surface area contributed by atoms with Gasteiger partial charge in [-0.25, -0.2) is 4.79 Å². The fourth-order valence-electron chi connectivity index (χ4n) is 4.11. The number of ether oxygens (including phenoxy) is 2. The first kappa shape index (κ1) is 18.2. The lowest BCUT2D eigenvalue weighted by Gasteiger charge is -2.27. The number of amides is 1. The molecule has 1 N–H and O–H groups in total. The van der Waals surface area contributed by atoms with Crippen molar-refractivity contribution >= 4 is 6.09 Å². The predicted octanol–water partition coefficient (Wildman–Crippen LogP) is 4.21. The average Bonchev–Trinajstić information content (AvgIpc) is 2.62. The molecule has 1 aromatic carbocycles. The molecule has 1 amide bonds. The molecule has 0 radical (unpaired) electrons. The summed E-state index contributed by atoms with van der Waals surface area (Å²) >= 11 is 0. The molecule has 4 heteroatoms. The highest BCUT2D eigenvalue weighted by Gasteiger charge is 2.21. The lowest BCUT2D eigenvalue weighted by molar-refractivity contribution is 0.136. The molecule has 138 valence electrons. The molecule has 1 fully saturated rings. The second-order valence-corrected chi connectivity index (χ2v) is 7.33. The van der Waals surface area contributed by atoms with Crippen molar-refractivity contribution < 1.29 is 14.3 Å². The Bertz CT molecular complexity index is 572. The fourth-order valence-corrected chi connectivity index (χ4v) is 4.11. The molecular weight excluding hydrogens is 314 g/mol. The first-order valence-electron chi connectivity index (χ1n) is 9.86. The van der Waals surface area contributed by atoms with Crippen LogP contribution in [0.25, 0.3) is 0 Å². The largest absolute Gasteiger partial charge is 0.450 e. The van der Waals surface area contributed by atoms with E-state index in [1.165, 1.54) is 48.8 Å². The zero-order valence-electron chi connectivity index (χ0n) is 15.4. The van der Waals surface area contributed by atoms with Gasteiger partial charge in [0.2, 0.25) is 0 Å². The molecule has 0 spiro atoms. The van der Waals surface area contributed by atoms with Crippen LogP contribution in [-0.2, 0) is 22.3 Å². The van der Waals surface area contributed by atoms with Crippen molar-refractivity contribution in [2.75, 3.05) is 26.4 Å². The number of aryl methyl sites for hydroxylation is 1. The van der Waals surface area contributed by atoms with Crippen molar-refractivity contribution in [2.24, 2.45) is 5.92 Å². The summed E-state index contributed by atoms with van der Waals surface area (Å²) in [6.45, 7) is 4.98. The molecular formula is C21H31NO3. The smallest absolute Gasteiger partial charge is 0.407 e. The van der Waals surface area contributed by atoms with Gasteiger partial charge in [0.25, 0.3) is 0 Å². The van der Waals surface area contributed by atoms with E-state index in [1.807, 2.05) is 0 Å². The van der Waals surface area contributed by atoms with Crippen LogP contribution in [0.4, 0.5) is 4.79 Å². The third-order valence-electron chi connectivity index (χ3n) is 5.56. The lowest BCUT2D eigenvalue weighted by atomic mass is 9.80. The second-order valence-electron chi connectivity index (χ2n) is 7.33. The number of hydrogen-bond acceptors (Lipinski definition) is 3. The van der Waals surface area contributed by atoms with Crippen LogP contribution in [0.1, 0.15) is 61.6 Å². The minimum Gasteiger partial charge on any atom is -0.450 e. The number of benzene rings is 1. The van der Waals surface area contributed by atoms with Crippen molar-refractivity contribution in [1.82, 2.24) is 5.32 Å². The van der Waals surface area contributed by atoms with Gasteiger partial charge in [-0.05, 0) is 74.5 Å². The van der Waals surface area contributed by atoms with E-state index in [-0.39, 0.29) is 6.09 Å². The van der Waals surface area contributed by atoms with Crippen molar-refractivity contribution in [3.05, 3.63) is 34.9 Å². The Morgan fingerprint density at radius 3 is 3.08 bits per heavy atom. The zero-order chi connectivity index (χ0) is 17.5. The molecule has 0 bridgehead atoms. The highest BCUT2D eigenvalue weighted by Crippen LogP contribution is 2.32. The Hall–Kier alpha value is -1.55. The van der Waals surface area contributed by atoms with Gasteiger partial charge in [0.15, 0.2) is 0 Å². The minimum absolute atomic E-state index is 0.280. The number of fused-ring (bicyclic) bond motifs is 1. The third-order valence-corrected chi connectivity index (χ3v) is 5.56. The second kappa shape index (κ2) is 9.23. The molecule has 1 aliphatic carbocycles. The molecule has 0 saturated carbocycles. The van der Waals surface area contributed by atoms with Gasteiger partial charge in [0.05, 0.1) is 6.61 Å². The predicted molar refractivity (Wildman–Crippen MR) is 99.0 cm³/mol. The maximum absolute atomic E-state index is 11.5. The summed E-state index contributed by atoms with van der Waals surface area (Å²) in [4.78, 5) is 11.5.